The molecule has 0 atom stereocenters. The van der Waals surface area contributed by atoms with Crippen LogP contribution in [0.25, 0.3) is 0 Å². The van der Waals surface area contributed by atoms with Gasteiger partial charge in [-0.3, -0.25) is 0 Å². The molecule has 0 aromatic heterocycles. The Morgan fingerprint density at radius 1 is 1.30 bits per heavy atom. The fourth-order valence-corrected chi connectivity index (χ4v) is 1.03. The van der Waals surface area contributed by atoms with Gasteiger partial charge in [0.15, 0.2) is 0 Å². The number of hydrogen-bond donors (Lipinski definition) is 2. The van der Waals surface area contributed by atoms with Crippen molar-refractivity contribution in [2.45, 2.75) is 6.54 Å². The van der Waals surface area contributed by atoms with E-state index in [1.165, 1.54) is 0 Å². The summed E-state index contributed by atoms with van der Waals surface area (Å²) >= 11 is 0. The van der Waals surface area contributed by atoms with Crippen LogP contribution in [0, 0.1) is 0 Å². The SMILES string of the molecule is NCc1ccc([Si]O)cc1. The van der Waals surface area contributed by atoms with E-state index < -0.39 is 0 Å². The standard InChI is InChI=1S/C7H9NOSi/c8-5-6-1-3-7(10-9)4-2-6/h1-4,9H,5,8H2. The number of benzene rings is 1. The molecule has 0 bridgehead atoms. The van der Waals surface area contributed by atoms with Crippen LogP contribution in [0.15, 0.2) is 24.3 Å². The third-order valence-corrected chi connectivity index (χ3v) is 1.91. The molecule has 0 spiro atoms. The summed E-state index contributed by atoms with van der Waals surface area (Å²) in [7, 11) is -0.113. The first-order valence-electron chi connectivity index (χ1n) is 3.06. The number of hydrogen-bond acceptors (Lipinski definition) is 2. The molecule has 3 N–H and O–H groups in total. The van der Waals surface area contributed by atoms with Gasteiger partial charge in [0.1, 0.15) is 0 Å². The van der Waals surface area contributed by atoms with Crippen molar-refractivity contribution >= 4 is 14.9 Å². The molecule has 0 aliphatic carbocycles. The van der Waals surface area contributed by atoms with Gasteiger partial charge in [-0.1, -0.05) is 24.3 Å². The van der Waals surface area contributed by atoms with Gasteiger partial charge in [0, 0.05) is 6.54 Å². The lowest BCUT2D eigenvalue weighted by molar-refractivity contribution is 0.615. The Labute approximate surface area is 62.6 Å². The first kappa shape index (κ1) is 7.46. The van der Waals surface area contributed by atoms with Gasteiger partial charge in [-0.05, 0) is 10.8 Å². The zero-order valence-corrected chi connectivity index (χ0v) is 6.54. The second kappa shape index (κ2) is 3.51. The van der Waals surface area contributed by atoms with Crippen LogP contribution >= 0.6 is 0 Å². The summed E-state index contributed by atoms with van der Waals surface area (Å²) in [6.07, 6.45) is 0. The lowest BCUT2D eigenvalue weighted by Gasteiger charge is -1.96. The zero-order valence-electron chi connectivity index (χ0n) is 5.54. The molecule has 0 heterocycles. The Hall–Kier alpha value is -0.643. The predicted octanol–water partition coefficient (Wildman–Crippen LogP) is -0.618. The van der Waals surface area contributed by atoms with Gasteiger partial charge in [-0.25, -0.2) is 0 Å². The van der Waals surface area contributed by atoms with Crippen LogP contribution in [0.1, 0.15) is 5.56 Å². The highest BCUT2D eigenvalue weighted by atomic mass is 28.2. The van der Waals surface area contributed by atoms with E-state index >= 15 is 0 Å². The Morgan fingerprint density at radius 3 is 2.30 bits per heavy atom. The monoisotopic (exact) mass is 151 g/mol. The Kier molecular flexibility index (Phi) is 2.62. The molecule has 0 unspecified atom stereocenters. The molecular weight excluding hydrogens is 142 g/mol. The molecule has 0 saturated heterocycles. The third-order valence-electron chi connectivity index (χ3n) is 1.32. The first-order chi connectivity index (χ1) is 4.86. The van der Waals surface area contributed by atoms with Crippen molar-refractivity contribution < 1.29 is 4.80 Å². The lowest BCUT2D eigenvalue weighted by atomic mass is 10.2. The Morgan fingerprint density at radius 2 is 1.90 bits per heavy atom. The fraction of sp³-hybridized carbons (Fsp3) is 0.143. The molecule has 1 aromatic carbocycles. The van der Waals surface area contributed by atoms with Crippen LogP contribution in [0.2, 0.25) is 0 Å². The van der Waals surface area contributed by atoms with Gasteiger partial charge in [-0.15, -0.1) is 0 Å². The predicted molar refractivity (Wildman–Crippen MR) is 41.9 cm³/mol. The van der Waals surface area contributed by atoms with E-state index in [1.54, 1.807) is 0 Å². The second-order valence-electron chi connectivity index (χ2n) is 2.01. The van der Waals surface area contributed by atoms with Crippen molar-refractivity contribution in [3.8, 4) is 0 Å². The van der Waals surface area contributed by atoms with E-state index in [9.17, 15) is 0 Å². The zero-order chi connectivity index (χ0) is 7.40. The van der Waals surface area contributed by atoms with Crippen LogP contribution in [-0.2, 0) is 6.54 Å². The smallest absolute Gasteiger partial charge is 0.265 e. The minimum absolute atomic E-state index is 0.113. The van der Waals surface area contributed by atoms with Gasteiger partial charge < -0.3 is 10.5 Å². The van der Waals surface area contributed by atoms with Crippen molar-refractivity contribution in [2.24, 2.45) is 5.73 Å². The molecule has 0 aliphatic rings. The highest BCUT2D eigenvalue weighted by Crippen LogP contribution is 1.93. The average Bonchev–Trinajstić information content (AvgIpc) is 2.05. The second-order valence-corrected chi connectivity index (χ2v) is 2.81. The summed E-state index contributed by atoms with van der Waals surface area (Å²) in [6, 6.07) is 7.64. The van der Waals surface area contributed by atoms with Gasteiger partial charge in [0.2, 0.25) is 0 Å². The topological polar surface area (TPSA) is 46.2 Å². The molecular formula is C7H9NOSi. The van der Waals surface area contributed by atoms with Crippen molar-refractivity contribution in [1.29, 1.82) is 0 Å². The Balaban J connectivity index is 2.80. The maximum atomic E-state index is 8.70. The molecule has 2 nitrogen and oxygen atoms in total. The van der Waals surface area contributed by atoms with Crippen LogP contribution in [0.3, 0.4) is 0 Å². The van der Waals surface area contributed by atoms with Crippen LogP contribution in [-0.4, -0.2) is 14.6 Å². The number of nitrogens with two attached hydrogens (primary N) is 1. The van der Waals surface area contributed by atoms with Crippen molar-refractivity contribution in [3.05, 3.63) is 29.8 Å². The summed E-state index contributed by atoms with van der Waals surface area (Å²) in [5, 5.41) is 0.956. The van der Waals surface area contributed by atoms with E-state index in [4.69, 9.17) is 10.5 Å². The maximum absolute atomic E-state index is 8.70. The van der Waals surface area contributed by atoms with E-state index in [-0.39, 0.29) is 9.76 Å². The molecule has 10 heavy (non-hydrogen) atoms. The van der Waals surface area contributed by atoms with E-state index in [2.05, 4.69) is 0 Å². The molecule has 0 amide bonds. The van der Waals surface area contributed by atoms with Crippen LogP contribution in [0.4, 0.5) is 0 Å². The summed E-state index contributed by atoms with van der Waals surface area (Å²) in [5.41, 5.74) is 6.48. The fourth-order valence-electron chi connectivity index (χ4n) is 0.715. The molecule has 0 fully saturated rings. The van der Waals surface area contributed by atoms with E-state index in [0.29, 0.717) is 6.54 Å². The summed E-state index contributed by atoms with van der Waals surface area (Å²) < 4.78 is 0. The highest BCUT2D eigenvalue weighted by molar-refractivity contribution is 6.45. The van der Waals surface area contributed by atoms with Gasteiger partial charge in [-0.2, -0.15) is 0 Å². The lowest BCUT2D eigenvalue weighted by Crippen LogP contribution is -2.12. The summed E-state index contributed by atoms with van der Waals surface area (Å²) in [4.78, 5) is 8.70. The number of rotatable bonds is 2. The molecule has 3 heteroatoms. The largest absolute Gasteiger partial charge is 0.428 e. The molecule has 0 saturated carbocycles. The average molecular weight is 151 g/mol. The normalized spacial score (nSPS) is 9.80. The van der Waals surface area contributed by atoms with Gasteiger partial charge in [0.05, 0.1) is 0 Å². The van der Waals surface area contributed by atoms with Crippen LogP contribution in [0.5, 0.6) is 0 Å². The molecule has 1 rings (SSSR count). The quantitative estimate of drug-likeness (QED) is 0.553. The molecule has 2 radical (unpaired) electrons. The van der Waals surface area contributed by atoms with Crippen molar-refractivity contribution in [1.82, 2.24) is 0 Å². The van der Waals surface area contributed by atoms with E-state index in [0.717, 1.165) is 10.8 Å². The van der Waals surface area contributed by atoms with Crippen molar-refractivity contribution in [2.75, 3.05) is 0 Å². The van der Waals surface area contributed by atoms with Gasteiger partial charge >= 0.3 is 0 Å². The van der Waals surface area contributed by atoms with Gasteiger partial charge in [0.25, 0.3) is 9.76 Å². The molecule has 52 valence electrons. The van der Waals surface area contributed by atoms with Crippen LogP contribution < -0.4 is 10.9 Å². The first-order valence-corrected chi connectivity index (χ1v) is 4.00. The van der Waals surface area contributed by atoms with E-state index in [1.807, 2.05) is 24.3 Å². The molecule has 1 aromatic rings. The summed E-state index contributed by atoms with van der Waals surface area (Å²) in [5.74, 6) is 0. The Bertz CT molecular complexity index is 174. The third kappa shape index (κ3) is 1.67. The minimum Gasteiger partial charge on any atom is -0.428 e. The van der Waals surface area contributed by atoms with Crippen molar-refractivity contribution in [3.63, 3.8) is 0 Å². The summed E-state index contributed by atoms with van der Waals surface area (Å²) in [6.45, 7) is 0.564. The minimum atomic E-state index is -0.113. The molecule has 0 aliphatic heterocycles. The maximum Gasteiger partial charge on any atom is 0.265 e. The highest BCUT2D eigenvalue weighted by Gasteiger charge is 1.91.